The van der Waals surface area contributed by atoms with Crippen LogP contribution in [0.1, 0.15) is 36.0 Å². The lowest BCUT2D eigenvalue weighted by atomic mass is 9.97. The number of rotatable bonds is 12. The fourth-order valence-corrected chi connectivity index (χ4v) is 4.67. The molecule has 10 nitrogen and oxygen atoms in total. The standard InChI is InChI=1S/C32H35N5O5/c1-21-6-3-4-9-27(21)22(2)20-42-32(41)36-26-8-5-7-23(16-26)19-37(15-13-29(33)38)30(39)18-35-25-11-10-24-12-14-34-31(40)28(24)17-25/h3-12,14,16-17,22,35H,13,15,18-20H2,1-2H3,(H2,33,38)(H,34,40)(H,36,41). The van der Waals surface area contributed by atoms with Crippen molar-refractivity contribution in [3.05, 3.63) is 106 Å². The summed E-state index contributed by atoms with van der Waals surface area (Å²) in [5, 5.41) is 7.10. The number of hydrogen-bond acceptors (Lipinski definition) is 6. The number of anilines is 2. The summed E-state index contributed by atoms with van der Waals surface area (Å²) in [4.78, 5) is 53.4. The summed E-state index contributed by atoms with van der Waals surface area (Å²) in [6.07, 6.45) is 1.01. The van der Waals surface area contributed by atoms with E-state index in [4.69, 9.17) is 10.5 Å². The minimum absolute atomic E-state index is 0.000427. The van der Waals surface area contributed by atoms with E-state index in [9.17, 15) is 19.2 Å². The smallest absolute Gasteiger partial charge is 0.411 e. The number of primary amides is 1. The fourth-order valence-electron chi connectivity index (χ4n) is 4.67. The van der Waals surface area contributed by atoms with Gasteiger partial charge in [-0.2, -0.15) is 0 Å². The number of aromatic amines is 1. The Morgan fingerprint density at radius 1 is 1.00 bits per heavy atom. The van der Waals surface area contributed by atoms with Crippen molar-refractivity contribution in [1.29, 1.82) is 0 Å². The molecule has 0 saturated carbocycles. The number of pyridine rings is 1. The molecule has 0 aliphatic rings. The number of carbonyl (C=O) groups excluding carboxylic acids is 3. The van der Waals surface area contributed by atoms with Crippen LogP contribution in [-0.4, -0.2) is 47.5 Å². The van der Waals surface area contributed by atoms with Crippen LogP contribution in [0, 0.1) is 6.92 Å². The first kappa shape index (κ1) is 29.9. The van der Waals surface area contributed by atoms with Gasteiger partial charge in [0.25, 0.3) is 5.56 Å². The number of H-pyrrole nitrogens is 1. The number of ether oxygens (including phenoxy) is 1. The van der Waals surface area contributed by atoms with E-state index in [0.717, 1.165) is 22.1 Å². The van der Waals surface area contributed by atoms with Crippen molar-refractivity contribution in [1.82, 2.24) is 9.88 Å². The Morgan fingerprint density at radius 2 is 1.81 bits per heavy atom. The van der Waals surface area contributed by atoms with Crippen LogP contribution in [-0.2, 0) is 20.9 Å². The first-order valence-corrected chi connectivity index (χ1v) is 13.7. The molecule has 218 valence electrons. The van der Waals surface area contributed by atoms with Crippen molar-refractivity contribution in [2.24, 2.45) is 5.73 Å². The van der Waals surface area contributed by atoms with Crippen molar-refractivity contribution in [3.63, 3.8) is 0 Å². The molecule has 0 saturated heterocycles. The maximum absolute atomic E-state index is 13.2. The molecule has 0 fully saturated rings. The second-order valence-electron chi connectivity index (χ2n) is 10.2. The Morgan fingerprint density at radius 3 is 2.60 bits per heavy atom. The number of benzene rings is 3. The third kappa shape index (κ3) is 8.20. The average Bonchev–Trinajstić information content (AvgIpc) is 2.97. The minimum atomic E-state index is -0.576. The number of aromatic nitrogens is 1. The highest BCUT2D eigenvalue weighted by atomic mass is 16.5. The first-order chi connectivity index (χ1) is 20.2. The van der Waals surface area contributed by atoms with E-state index in [2.05, 4.69) is 15.6 Å². The van der Waals surface area contributed by atoms with E-state index in [-0.39, 0.29) is 50.0 Å². The highest BCUT2D eigenvalue weighted by Gasteiger charge is 2.16. The van der Waals surface area contributed by atoms with Crippen molar-refractivity contribution in [3.8, 4) is 0 Å². The van der Waals surface area contributed by atoms with Crippen molar-refractivity contribution in [2.45, 2.75) is 32.7 Å². The van der Waals surface area contributed by atoms with E-state index >= 15 is 0 Å². The topological polar surface area (TPSA) is 147 Å². The van der Waals surface area contributed by atoms with E-state index in [1.165, 1.54) is 4.90 Å². The molecular formula is C32H35N5O5. The Kier molecular flexibility index (Phi) is 9.94. The lowest BCUT2D eigenvalue weighted by Gasteiger charge is -2.23. The summed E-state index contributed by atoms with van der Waals surface area (Å²) < 4.78 is 5.45. The molecule has 3 amide bonds. The third-order valence-corrected chi connectivity index (χ3v) is 6.93. The average molecular weight is 570 g/mol. The van der Waals surface area contributed by atoms with Gasteiger partial charge in [0.2, 0.25) is 11.8 Å². The zero-order valence-electron chi connectivity index (χ0n) is 23.7. The molecule has 0 radical (unpaired) electrons. The van der Waals surface area contributed by atoms with E-state index in [0.29, 0.717) is 16.8 Å². The van der Waals surface area contributed by atoms with Crippen LogP contribution < -0.4 is 21.9 Å². The Hall–Kier alpha value is -5.12. The van der Waals surface area contributed by atoms with Gasteiger partial charge in [-0.15, -0.1) is 0 Å². The zero-order chi connectivity index (χ0) is 30.1. The number of nitrogens with zero attached hydrogens (tertiary/aromatic N) is 1. The highest BCUT2D eigenvalue weighted by Crippen LogP contribution is 2.20. The van der Waals surface area contributed by atoms with Gasteiger partial charge in [-0.3, -0.25) is 19.7 Å². The van der Waals surface area contributed by atoms with Gasteiger partial charge in [-0.25, -0.2) is 4.79 Å². The maximum atomic E-state index is 13.2. The number of carbonyl (C=O) groups is 3. The molecule has 1 atom stereocenters. The lowest BCUT2D eigenvalue weighted by Crippen LogP contribution is -2.37. The van der Waals surface area contributed by atoms with Crippen LogP contribution in [0.15, 0.2) is 83.8 Å². The Labute approximate surface area is 243 Å². The van der Waals surface area contributed by atoms with Gasteiger partial charge in [-0.05, 0) is 59.3 Å². The molecule has 3 aromatic carbocycles. The molecule has 4 rings (SSSR count). The number of nitrogens with two attached hydrogens (primary N) is 1. The summed E-state index contributed by atoms with van der Waals surface area (Å²) in [5.41, 5.74) is 9.27. The fraction of sp³-hybridized carbons (Fsp3) is 0.250. The molecular weight excluding hydrogens is 534 g/mol. The molecule has 42 heavy (non-hydrogen) atoms. The minimum Gasteiger partial charge on any atom is -0.449 e. The summed E-state index contributed by atoms with van der Waals surface area (Å²) in [7, 11) is 0. The van der Waals surface area contributed by atoms with Gasteiger partial charge in [0.05, 0.1) is 13.2 Å². The predicted octanol–water partition coefficient (Wildman–Crippen LogP) is 4.50. The van der Waals surface area contributed by atoms with E-state index in [1.54, 1.807) is 48.7 Å². The third-order valence-electron chi connectivity index (χ3n) is 6.93. The first-order valence-electron chi connectivity index (χ1n) is 13.7. The van der Waals surface area contributed by atoms with Crippen LogP contribution in [0.5, 0.6) is 0 Å². The van der Waals surface area contributed by atoms with Crippen LogP contribution >= 0.6 is 0 Å². The van der Waals surface area contributed by atoms with Gasteiger partial charge >= 0.3 is 6.09 Å². The SMILES string of the molecule is Cc1ccccc1C(C)COC(=O)Nc1cccc(CN(CCC(N)=O)C(=O)CNc2ccc3cc[nH]c(=O)c3c2)c1. The van der Waals surface area contributed by atoms with Crippen molar-refractivity contribution < 1.29 is 19.1 Å². The van der Waals surface area contributed by atoms with E-state index < -0.39 is 12.0 Å². The highest BCUT2D eigenvalue weighted by molar-refractivity contribution is 5.87. The van der Waals surface area contributed by atoms with Crippen LogP contribution in [0.2, 0.25) is 0 Å². The van der Waals surface area contributed by atoms with E-state index in [1.807, 2.05) is 44.2 Å². The monoisotopic (exact) mass is 569 g/mol. The summed E-state index contributed by atoms with van der Waals surface area (Å²) in [6.45, 7) is 4.52. The summed E-state index contributed by atoms with van der Waals surface area (Å²) in [5.74, 6) is -0.745. The molecule has 0 aliphatic carbocycles. The number of aryl methyl sites for hydroxylation is 1. The second kappa shape index (κ2) is 14.0. The Bertz CT molecular complexity index is 1630. The molecule has 4 aromatic rings. The second-order valence-corrected chi connectivity index (χ2v) is 10.2. The molecule has 0 bridgehead atoms. The van der Waals surface area contributed by atoms with Gasteiger partial charge in [0, 0.05) is 48.4 Å². The molecule has 5 N–H and O–H groups in total. The molecule has 0 spiro atoms. The number of hydrogen-bond donors (Lipinski definition) is 4. The van der Waals surface area contributed by atoms with Gasteiger partial charge in [-0.1, -0.05) is 49.4 Å². The number of nitrogens with one attached hydrogen (secondary N) is 3. The normalized spacial score (nSPS) is 11.5. The van der Waals surface area contributed by atoms with Gasteiger partial charge in [0.15, 0.2) is 0 Å². The molecule has 1 unspecified atom stereocenters. The van der Waals surface area contributed by atoms with Gasteiger partial charge in [0.1, 0.15) is 0 Å². The molecule has 1 aromatic heterocycles. The number of fused-ring (bicyclic) bond motifs is 1. The quantitative estimate of drug-likeness (QED) is 0.198. The van der Waals surface area contributed by atoms with Crippen LogP contribution in [0.4, 0.5) is 16.2 Å². The zero-order valence-corrected chi connectivity index (χ0v) is 23.7. The number of amides is 3. The molecule has 10 heteroatoms. The largest absolute Gasteiger partial charge is 0.449 e. The summed E-state index contributed by atoms with van der Waals surface area (Å²) >= 11 is 0. The maximum Gasteiger partial charge on any atom is 0.411 e. The van der Waals surface area contributed by atoms with Crippen LogP contribution in [0.3, 0.4) is 0 Å². The molecule has 1 heterocycles. The Balaban J connectivity index is 1.36. The van der Waals surface area contributed by atoms with Gasteiger partial charge < -0.3 is 25.7 Å². The van der Waals surface area contributed by atoms with Crippen LogP contribution in [0.25, 0.3) is 10.8 Å². The van der Waals surface area contributed by atoms with Crippen molar-refractivity contribution in [2.75, 3.05) is 30.3 Å². The molecule has 0 aliphatic heterocycles. The lowest BCUT2D eigenvalue weighted by molar-refractivity contribution is -0.130. The summed E-state index contributed by atoms with van der Waals surface area (Å²) in [6, 6.07) is 22.1. The van der Waals surface area contributed by atoms with Crippen molar-refractivity contribution >= 4 is 40.1 Å². The predicted molar refractivity (Wildman–Crippen MR) is 163 cm³/mol.